The van der Waals surface area contributed by atoms with Gasteiger partial charge >= 0.3 is 7.60 Å². The van der Waals surface area contributed by atoms with Crippen LogP contribution in [0.5, 0.6) is 0 Å². The van der Waals surface area contributed by atoms with Crippen molar-refractivity contribution in [2.75, 3.05) is 27.7 Å². The van der Waals surface area contributed by atoms with Crippen LogP contribution in [0.4, 0.5) is 0 Å². The Morgan fingerprint density at radius 2 is 1.03 bits per heavy atom. The van der Waals surface area contributed by atoms with Gasteiger partial charge in [-0.25, -0.2) is 0 Å². The minimum absolute atomic E-state index is 0.0493. The summed E-state index contributed by atoms with van der Waals surface area (Å²) in [5.74, 6) is 0. The second kappa shape index (κ2) is 19.7. The van der Waals surface area contributed by atoms with Crippen LogP contribution >= 0.6 is 7.60 Å². The first-order valence-electron chi connectivity index (χ1n) is 13.9. The van der Waals surface area contributed by atoms with Gasteiger partial charge in [-0.3, -0.25) is 4.57 Å². The molecule has 0 bridgehead atoms. The van der Waals surface area contributed by atoms with Crippen LogP contribution in [0.3, 0.4) is 0 Å². The topological polar surface area (TPSA) is 77.8 Å². The molecule has 202 valence electrons. The first kappa shape index (κ1) is 33.5. The van der Waals surface area contributed by atoms with E-state index in [1.54, 1.807) is 0 Å². The first-order valence-corrected chi connectivity index (χ1v) is 15.5. The molecule has 34 heavy (non-hydrogen) atoms. The standard InChI is InChI=1S/C28H56NO4P/c1-5-6-7-8-9-10-11-12-13-14-15-16-17-18-19-20-21-22-23-24-25-26-28(30,34(31,32)33)27-29(2,3)4/h15-16,19-20,30H,5-14,17-18,21-27H2,1-4H3,(H-,31,32,33)/p+1/b16-15-,20-19-. The Kier molecular flexibility index (Phi) is 19.4. The number of hydrogen-bond acceptors (Lipinski definition) is 2. The van der Waals surface area contributed by atoms with Gasteiger partial charge in [0.25, 0.3) is 0 Å². The Balaban J connectivity index is 3.65. The summed E-state index contributed by atoms with van der Waals surface area (Å²) < 4.78 is 12.1. The highest BCUT2D eigenvalue weighted by Crippen LogP contribution is 2.52. The maximum Gasteiger partial charge on any atom is 0.362 e. The zero-order valence-corrected chi connectivity index (χ0v) is 23.8. The van der Waals surface area contributed by atoms with Crippen LogP contribution in [-0.4, -0.2) is 52.4 Å². The lowest BCUT2D eigenvalue weighted by atomic mass is 10.1. The predicted octanol–water partition coefficient (Wildman–Crippen LogP) is 7.71. The maximum absolute atomic E-state index is 11.8. The number of likely N-dealkylation sites (N-methyl/N-ethyl adjacent to an activating group) is 1. The molecule has 0 aromatic carbocycles. The second-order valence-electron chi connectivity index (χ2n) is 11.1. The van der Waals surface area contributed by atoms with Crippen molar-refractivity contribution >= 4 is 7.60 Å². The predicted molar refractivity (Wildman–Crippen MR) is 147 cm³/mol. The second-order valence-corrected chi connectivity index (χ2v) is 13.0. The van der Waals surface area contributed by atoms with Crippen LogP contribution in [0, 0.1) is 0 Å². The number of allylic oxidation sites excluding steroid dienone is 4. The zero-order valence-electron chi connectivity index (χ0n) is 22.9. The van der Waals surface area contributed by atoms with Crippen LogP contribution < -0.4 is 0 Å². The summed E-state index contributed by atoms with van der Waals surface area (Å²) in [5.41, 5.74) is 0. The molecule has 1 unspecified atom stereocenters. The van der Waals surface area contributed by atoms with Crippen molar-refractivity contribution in [3.63, 3.8) is 0 Å². The molecular weight excluding hydrogens is 445 g/mol. The molecule has 3 N–H and O–H groups in total. The van der Waals surface area contributed by atoms with Gasteiger partial charge in [0.1, 0.15) is 6.54 Å². The fourth-order valence-corrected chi connectivity index (χ4v) is 5.39. The van der Waals surface area contributed by atoms with E-state index in [1.807, 2.05) is 21.1 Å². The molecule has 0 aliphatic rings. The number of unbranched alkanes of at least 4 members (excludes halogenated alkanes) is 14. The quantitative estimate of drug-likeness (QED) is 0.0578. The molecule has 0 saturated heterocycles. The van der Waals surface area contributed by atoms with Crippen molar-refractivity contribution in [1.82, 2.24) is 0 Å². The van der Waals surface area contributed by atoms with Crippen molar-refractivity contribution in [2.24, 2.45) is 0 Å². The van der Waals surface area contributed by atoms with Gasteiger partial charge in [-0.1, -0.05) is 95.4 Å². The van der Waals surface area contributed by atoms with E-state index in [1.165, 1.54) is 64.2 Å². The highest BCUT2D eigenvalue weighted by molar-refractivity contribution is 7.53. The van der Waals surface area contributed by atoms with Crippen molar-refractivity contribution in [2.45, 2.75) is 128 Å². The molecule has 6 heteroatoms. The summed E-state index contributed by atoms with van der Waals surface area (Å²) >= 11 is 0. The number of aliphatic hydroxyl groups is 1. The molecule has 0 aromatic rings. The van der Waals surface area contributed by atoms with E-state index < -0.39 is 12.9 Å². The van der Waals surface area contributed by atoms with Gasteiger partial charge in [0.2, 0.25) is 5.34 Å². The Labute approximate surface area is 211 Å². The van der Waals surface area contributed by atoms with Gasteiger partial charge in [-0.2, -0.15) is 0 Å². The third kappa shape index (κ3) is 19.8. The highest BCUT2D eigenvalue weighted by Gasteiger charge is 2.48. The Morgan fingerprint density at radius 1 is 0.647 bits per heavy atom. The highest BCUT2D eigenvalue weighted by atomic mass is 31.2. The van der Waals surface area contributed by atoms with Gasteiger partial charge in [-0.05, 0) is 51.4 Å². The molecule has 0 spiro atoms. The molecule has 0 amide bonds. The van der Waals surface area contributed by atoms with E-state index in [0.29, 0.717) is 10.9 Å². The number of quaternary nitrogens is 1. The van der Waals surface area contributed by atoms with Crippen LogP contribution in [0.2, 0.25) is 0 Å². The summed E-state index contributed by atoms with van der Waals surface area (Å²) in [4.78, 5) is 19.2. The van der Waals surface area contributed by atoms with Crippen LogP contribution in [0.15, 0.2) is 24.3 Å². The summed E-state index contributed by atoms with van der Waals surface area (Å²) in [7, 11) is 0.945. The minimum Gasteiger partial charge on any atom is -0.373 e. The molecule has 0 saturated carbocycles. The number of hydrogen-bond donors (Lipinski definition) is 3. The first-order chi connectivity index (χ1) is 16.0. The Hall–Kier alpha value is -0.450. The van der Waals surface area contributed by atoms with E-state index in [2.05, 4.69) is 31.2 Å². The molecule has 0 rings (SSSR count). The summed E-state index contributed by atoms with van der Waals surface area (Å²) in [6.07, 6.45) is 29.9. The smallest absolute Gasteiger partial charge is 0.362 e. The summed E-state index contributed by atoms with van der Waals surface area (Å²) in [6.45, 7) is 2.32. The largest absolute Gasteiger partial charge is 0.373 e. The maximum atomic E-state index is 11.8. The van der Waals surface area contributed by atoms with Crippen molar-refractivity contribution in [3.05, 3.63) is 24.3 Å². The summed E-state index contributed by atoms with van der Waals surface area (Å²) in [5, 5.41) is 8.62. The number of nitrogens with zero attached hydrogens (tertiary/aromatic N) is 1. The van der Waals surface area contributed by atoms with Crippen molar-refractivity contribution in [3.8, 4) is 0 Å². The fourth-order valence-electron chi connectivity index (χ4n) is 4.34. The lowest BCUT2D eigenvalue weighted by molar-refractivity contribution is -0.875. The van der Waals surface area contributed by atoms with Crippen molar-refractivity contribution in [1.29, 1.82) is 0 Å². The van der Waals surface area contributed by atoms with Gasteiger partial charge in [-0.15, -0.1) is 0 Å². The molecule has 1 atom stereocenters. The lowest BCUT2D eigenvalue weighted by Crippen LogP contribution is -2.49. The monoisotopic (exact) mass is 502 g/mol. The molecule has 0 aliphatic heterocycles. The lowest BCUT2D eigenvalue weighted by Gasteiger charge is -2.35. The Bertz CT molecular complexity index is 579. The van der Waals surface area contributed by atoms with E-state index >= 15 is 0 Å². The molecule has 0 radical (unpaired) electrons. The third-order valence-electron chi connectivity index (χ3n) is 6.28. The normalized spacial score (nSPS) is 14.9. The molecular formula is C28H57NO4P+. The average molecular weight is 503 g/mol. The van der Waals surface area contributed by atoms with Crippen LogP contribution in [0.1, 0.15) is 122 Å². The van der Waals surface area contributed by atoms with Crippen LogP contribution in [0.25, 0.3) is 0 Å². The molecule has 5 nitrogen and oxygen atoms in total. The van der Waals surface area contributed by atoms with E-state index in [0.717, 1.165) is 38.5 Å². The third-order valence-corrected chi connectivity index (χ3v) is 7.72. The average Bonchev–Trinajstić information content (AvgIpc) is 2.73. The molecule has 0 fully saturated rings. The van der Waals surface area contributed by atoms with Gasteiger partial charge in [0.05, 0.1) is 21.1 Å². The van der Waals surface area contributed by atoms with Gasteiger partial charge in [0, 0.05) is 0 Å². The summed E-state index contributed by atoms with van der Waals surface area (Å²) in [6, 6.07) is 0. The Morgan fingerprint density at radius 3 is 1.44 bits per heavy atom. The number of rotatable bonds is 23. The van der Waals surface area contributed by atoms with Crippen LogP contribution in [-0.2, 0) is 4.57 Å². The van der Waals surface area contributed by atoms with Gasteiger partial charge in [0.15, 0.2) is 0 Å². The molecule has 0 aromatic heterocycles. The van der Waals surface area contributed by atoms with Gasteiger partial charge < -0.3 is 19.4 Å². The minimum atomic E-state index is -4.56. The van der Waals surface area contributed by atoms with E-state index in [9.17, 15) is 19.5 Å². The van der Waals surface area contributed by atoms with Crippen molar-refractivity contribution < 1.29 is 23.9 Å². The zero-order chi connectivity index (χ0) is 25.8. The van der Waals surface area contributed by atoms with E-state index in [-0.39, 0.29) is 13.0 Å². The fraction of sp³-hybridized carbons (Fsp3) is 0.857. The SMILES string of the molecule is CCCCCCCCCCC/C=C\CC/C=C\CCCCCCC(O)(C[N+](C)(C)C)P(=O)(O)O. The van der Waals surface area contributed by atoms with E-state index in [4.69, 9.17) is 0 Å². The molecule has 0 heterocycles. The molecule has 0 aliphatic carbocycles.